The molecule has 0 spiro atoms. The summed E-state index contributed by atoms with van der Waals surface area (Å²) < 4.78 is 16.9. The lowest BCUT2D eigenvalue weighted by atomic mass is 10.1. The van der Waals surface area contributed by atoms with Gasteiger partial charge in [-0.2, -0.15) is 0 Å². The summed E-state index contributed by atoms with van der Waals surface area (Å²) in [5.41, 5.74) is 0. The van der Waals surface area contributed by atoms with Crippen molar-refractivity contribution in [1.82, 2.24) is 0 Å². The van der Waals surface area contributed by atoms with Crippen LogP contribution in [0.1, 0.15) is 284 Å². The molecule has 0 saturated carbocycles. The van der Waals surface area contributed by atoms with Gasteiger partial charge in [-0.15, -0.1) is 0 Å². The first-order valence-electron chi connectivity index (χ1n) is 30.2. The van der Waals surface area contributed by atoms with Crippen LogP contribution in [0.3, 0.4) is 0 Å². The van der Waals surface area contributed by atoms with E-state index in [1.165, 1.54) is 116 Å². The van der Waals surface area contributed by atoms with Gasteiger partial charge in [0.2, 0.25) is 0 Å². The molecule has 0 amide bonds. The zero-order valence-electron chi connectivity index (χ0n) is 47.2. The molecule has 412 valence electrons. The zero-order valence-corrected chi connectivity index (χ0v) is 47.2. The van der Waals surface area contributed by atoms with Crippen molar-refractivity contribution in [3.8, 4) is 0 Å². The van der Waals surface area contributed by atoms with Crippen molar-refractivity contribution in [3.63, 3.8) is 0 Å². The number of unbranched alkanes of at least 4 members (excludes halogenated alkanes) is 27. The number of hydrogen-bond donors (Lipinski definition) is 0. The van der Waals surface area contributed by atoms with Crippen LogP contribution in [0.5, 0.6) is 0 Å². The molecule has 0 radical (unpaired) electrons. The Balaban J connectivity index is 4.41. The summed E-state index contributed by atoms with van der Waals surface area (Å²) in [7, 11) is 0. The Kier molecular flexibility index (Phi) is 56.8. The minimum absolute atomic E-state index is 0.0910. The second-order valence-electron chi connectivity index (χ2n) is 19.9. The van der Waals surface area contributed by atoms with Crippen molar-refractivity contribution < 1.29 is 28.6 Å². The molecule has 0 aliphatic carbocycles. The molecule has 0 aromatic heterocycles. The molecule has 0 heterocycles. The van der Waals surface area contributed by atoms with Crippen LogP contribution >= 0.6 is 0 Å². The van der Waals surface area contributed by atoms with E-state index in [0.717, 1.165) is 128 Å². The van der Waals surface area contributed by atoms with Crippen molar-refractivity contribution in [2.24, 2.45) is 0 Å². The topological polar surface area (TPSA) is 78.9 Å². The summed E-state index contributed by atoms with van der Waals surface area (Å²) in [5.74, 6) is -0.918. The fraction of sp³-hybridized carbons (Fsp3) is 0.712. The molecule has 1 unspecified atom stereocenters. The van der Waals surface area contributed by atoms with Crippen LogP contribution in [0.2, 0.25) is 0 Å². The molecular formula is C66H112O6. The average molecular weight is 1000 g/mol. The first-order chi connectivity index (χ1) is 35.5. The normalized spacial score (nSPS) is 12.8. The standard InChI is InChI=1S/C66H112O6/c1-4-7-10-13-16-19-22-25-28-30-31-32-33-34-35-36-39-41-44-47-50-53-56-59-65(68)71-62-63(61-70-64(67)58-55-52-49-46-43-40-37-27-24-21-18-15-12-9-6-3)72-66(69)60-57-54-51-48-45-42-38-29-26-23-20-17-14-11-8-5-2/h7,10,16,19-20,23,25,27-29,31-32,34-35,37-38,63H,4-6,8-9,11-15,17-18,21-22,24,26,30,33,36,39-62H2,1-3H3/b10-7-,19-16-,23-20-,28-25-,32-31-,35-34-,37-27-,38-29-. The largest absolute Gasteiger partial charge is 0.462 e. The highest BCUT2D eigenvalue weighted by Gasteiger charge is 2.19. The lowest BCUT2D eigenvalue weighted by Crippen LogP contribution is -2.30. The van der Waals surface area contributed by atoms with E-state index in [-0.39, 0.29) is 31.1 Å². The molecular weight excluding hydrogens is 889 g/mol. The van der Waals surface area contributed by atoms with Gasteiger partial charge in [0.1, 0.15) is 13.2 Å². The van der Waals surface area contributed by atoms with Crippen LogP contribution in [0, 0.1) is 0 Å². The van der Waals surface area contributed by atoms with Gasteiger partial charge in [0, 0.05) is 19.3 Å². The Labute approximate surface area is 445 Å². The van der Waals surface area contributed by atoms with Gasteiger partial charge in [0.05, 0.1) is 0 Å². The predicted octanol–water partition coefficient (Wildman–Crippen LogP) is 20.5. The minimum Gasteiger partial charge on any atom is -0.462 e. The zero-order chi connectivity index (χ0) is 52.2. The van der Waals surface area contributed by atoms with Crippen LogP contribution in [-0.2, 0) is 28.6 Å². The van der Waals surface area contributed by atoms with Crippen LogP contribution in [0.25, 0.3) is 0 Å². The maximum atomic E-state index is 12.9. The Morgan fingerprint density at radius 2 is 0.542 bits per heavy atom. The van der Waals surface area contributed by atoms with E-state index in [1.807, 2.05) is 0 Å². The Hall–Kier alpha value is -3.67. The molecule has 1 atom stereocenters. The fourth-order valence-electron chi connectivity index (χ4n) is 8.26. The molecule has 0 saturated heterocycles. The third-order valence-corrected chi connectivity index (χ3v) is 12.8. The Morgan fingerprint density at radius 3 is 0.875 bits per heavy atom. The van der Waals surface area contributed by atoms with Crippen LogP contribution < -0.4 is 0 Å². The quantitative estimate of drug-likeness (QED) is 0.0261. The molecule has 6 heteroatoms. The van der Waals surface area contributed by atoms with Gasteiger partial charge < -0.3 is 14.2 Å². The summed E-state index contributed by atoms with van der Waals surface area (Å²) in [6, 6.07) is 0. The molecule has 0 aliphatic rings. The second kappa shape index (κ2) is 59.9. The average Bonchev–Trinajstić information content (AvgIpc) is 3.38. The van der Waals surface area contributed by atoms with E-state index in [2.05, 4.69) is 118 Å². The lowest BCUT2D eigenvalue weighted by Gasteiger charge is -2.18. The number of esters is 3. The van der Waals surface area contributed by atoms with Crippen LogP contribution in [0.15, 0.2) is 97.2 Å². The molecule has 0 rings (SSSR count). The highest BCUT2D eigenvalue weighted by atomic mass is 16.6. The third kappa shape index (κ3) is 57.2. The maximum absolute atomic E-state index is 12.9. The smallest absolute Gasteiger partial charge is 0.306 e. The lowest BCUT2D eigenvalue weighted by molar-refractivity contribution is -0.167. The van der Waals surface area contributed by atoms with E-state index in [4.69, 9.17) is 14.2 Å². The van der Waals surface area contributed by atoms with Crippen molar-refractivity contribution in [2.75, 3.05) is 13.2 Å². The first-order valence-corrected chi connectivity index (χ1v) is 30.2. The summed E-state index contributed by atoms with van der Waals surface area (Å²) in [6.45, 7) is 6.49. The van der Waals surface area contributed by atoms with Gasteiger partial charge in [0.15, 0.2) is 6.10 Å². The van der Waals surface area contributed by atoms with Gasteiger partial charge >= 0.3 is 17.9 Å². The van der Waals surface area contributed by atoms with E-state index >= 15 is 0 Å². The third-order valence-electron chi connectivity index (χ3n) is 12.8. The molecule has 0 aliphatic heterocycles. The molecule has 72 heavy (non-hydrogen) atoms. The highest BCUT2D eigenvalue weighted by molar-refractivity contribution is 5.71. The summed E-state index contributed by atoms with van der Waals surface area (Å²) >= 11 is 0. The van der Waals surface area contributed by atoms with Gasteiger partial charge in [-0.1, -0.05) is 240 Å². The Morgan fingerprint density at radius 1 is 0.292 bits per heavy atom. The fourth-order valence-corrected chi connectivity index (χ4v) is 8.26. The molecule has 6 nitrogen and oxygen atoms in total. The first kappa shape index (κ1) is 68.3. The SMILES string of the molecule is CC/C=C\C/C=C\C/C=C\C/C=C\C/C=C\CCCCCCCCCC(=O)OCC(COC(=O)CCCCCCC/C=C\CCCCCCCC)OC(=O)CCCCCCC/C=C\C/C=C\CCCCCC. The van der Waals surface area contributed by atoms with E-state index in [0.29, 0.717) is 19.3 Å². The van der Waals surface area contributed by atoms with Crippen LogP contribution in [0.4, 0.5) is 0 Å². The Bertz CT molecular complexity index is 1430. The van der Waals surface area contributed by atoms with Gasteiger partial charge in [-0.05, 0) is 122 Å². The number of carbonyl (C=O) groups is 3. The maximum Gasteiger partial charge on any atom is 0.306 e. The molecule has 0 aromatic rings. The molecule has 0 N–H and O–H groups in total. The second-order valence-corrected chi connectivity index (χ2v) is 19.9. The van der Waals surface area contributed by atoms with Crippen molar-refractivity contribution >= 4 is 17.9 Å². The van der Waals surface area contributed by atoms with Crippen molar-refractivity contribution in [1.29, 1.82) is 0 Å². The summed E-state index contributed by atoms with van der Waals surface area (Å²) in [6.07, 6.45) is 79.7. The van der Waals surface area contributed by atoms with Gasteiger partial charge in [0.25, 0.3) is 0 Å². The minimum atomic E-state index is -0.795. The molecule has 0 bridgehead atoms. The monoisotopic (exact) mass is 1000 g/mol. The predicted molar refractivity (Wildman–Crippen MR) is 311 cm³/mol. The van der Waals surface area contributed by atoms with Crippen molar-refractivity contribution in [3.05, 3.63) is 97.2 Å². The number of allylic oxidation sites excluding steroid dienone is 16. The molecule has 0 aromatic carbocycles. The summed E-state index contributed by atoms with van der Waals surface area (Å²) in [4.78, 5) is 38.2. The number of rotatable bonds is 54. The van der Waals surface area contributed by atoms with Crippen LogP contribution in [-0.4, -0.2) is 37.2 Å². The number of hydrogen-bond acceptors (Lipinski definition) is 6. The van der Waals surface area contributed by atoms with E-state index < -0.39 is 6.10 Å². The highest BCUT2D eigenvalue weighted by Crippen LogP contribution is 2.15. The van der Waals surface area contributed by atoms with Gasteiger partial charge in [-0.25, -0.2) is 0 Å². The number of ether oxygens (including phenoxy) is 3. The molecule has 0 fully saturated rings. The summed E-state index contributed by atoms with van der Waals surface area (Å²) in [5, 5.41) is 0. The number of carbonyl (C=O) groups excluding carboxylic acids is 3. The van der Waals surface area contributed by atoms with E-state index in [9.17, 15) is 14.4 Å². The van der Waals surface area contributed by atoms with Gasteiger partial charge in [-0.3, -0.25) is 14.4 Å². The van der Waals surface area contributed by atoms with E-state index in [1.54, 1.807) is 0 Å². The van der Waals surface area contributed by atoms with Crippen molar-refractivity contribution in [2.45, 2.75) is 290 Å².